The Hall–Kier alpha value is -1.46. The molecule has 0 bridgehead atoms. The summed E-state index contributed by atoms with van der Waals surface area (Å²) in [6.07, 6.45) is 32.4. The number of rotatable bonds is 27. The number of aliphatic hydroxyl groups excluding tert-OH is 2. The summed E-state index contributed by atoms with van der Waals surface area (Å²) in [5.74, 6) is 0.462. The number of hydrogen-bond donors (Lipinski definition) is 3. The molecular formula is C32H57NO4. The van der Waals surface area contributed by atoms with Crippen LogP contribution in [0.15, 0.2) is 24.3 Å². The number of carbonyl (C=O) groups is 2. The molecule has 0 spiro atoms. The van der Waals surface area contributed by atoms with Crippen molar-refractivity contribution >= 4 is 11.7 Å². The highest BCUT2D eigenvalue weighted by Gasteiger charge is 2.38. The summed E-state index contributed by atoms with van der Waals surface area (Å²) in [6, 6.07) is 0.163. The largest absolute Gasteiger partial charge is 0.396 e. The molecule has 1 aliphatic carbocycles. The molecule has 0 aliphatic heterocycles. The first-order valence-electron chi connectivity index (χ1n) is 15.6. The summed E-state index contributed by atoms with van der Waals surface area (Å²) in [5.41, 5.74) is 0. The Morgan fingerprint density at radius 2 is 1.00 bits per heavy atom. The normalized spacial score (nSPS) is 17.1. The van der Waals surface area contributed by atoms with Crippen LogP contribution in [0.5, 0.6) is 0 Å². The lowest BCUT2D eigenvalue weighted by molar-refractivity contribution is -0.117. The maximum Gasteiger partial charge on any atom is 0.243 e. The average molecular weight is 520 g/mol. The summed E-state index contributed by atoms with van der Waals surface area (Å²) in [7, 11) is 0. The molecule has 0 aromatic rings. The van der Waals surface area contributed by atoms with Gasteiger partial charge in [0.15, 0.2) is 5.78 Å². The predicted octanol–water partition coefficient (Wildman–Crippen LogP) is 7.35. The van der Waals surface area contributed by atoms with E-state index in [1.807, 2.05) is 12.2 Å². The molecular weight excluding hydrogens is 462 g/mol. The first-order chi connectivity index (χ1) is 18.2. The molecule has 1 rings (SSSR count). The van der Waals surface area contributed by atoms with Gasteiger partial charge in [0.25, 0.3) is 0 Å². The SMILES string of the molecule is O=C(/C=C/CCCCCCCCCCCO)C[C@@H]1CC1NC(=O)/C=C/CCCCCCCCCCCO. The van der Waals surface area contributed by atoms with Gasteiger partial charge in [-0.15, -0.1) is 0 Å². The number of ketones is 1. The van der Waals surface area contributed by atoms with Crippen molar-refractivity contribution in [3.8, 4) is 0 Å². The molecule has 5 nitrogen and oxygen atoms in total. The maximum absolute atomic E-state index is 12.2. The molecule has 1 amide bonds. The third-order valence-corrected chi connectivity index (χ3v) is 7.34. The van der Waals surface area contributed by atoms with Gasteiger partial charge < -0.3 is 15.5 Å². The second-order valence-electron chi connectivity index (χ2n) is 11.0. The Kier molecular flexibility index (Phi) is 22.5. The molecule has 37 heavy (non-hydrogen) atoms. The topological polar surface area (TPSA) is 86.6 Å². The Morgan fingerprint density at radius 3 is 1.46 bits per heavy atom. The number of carbonyl (C=O) groups excluding carboxylic acids is 2. The van der Waals surface area contributed by atoms with E-state index in [4.69, 9.17) is 10.2 Å². The molecule has 1 unspecified atom stereocenters. The lowest BCUT2D eigenvalue weighted by atomic mass is 10.1. The van der Waals surface area contributed by atoms with Gasteiger partial charge in [-0.2, -0.15) is 0 Å². The predicted molar refractivity (Wildman–Crippen MR) is 154 cm³/mol. The molecule has 214 valence electrons. The highest BCUT2D eigenvalue weighted by molar-refractivity contribution is 5.90. The zero-order valence-corrected chi connectivity index (χ0v) is 23.6. The van der Waals surface area contributed by atoms with Crippen molar-refractivity contribution in [2.24, 2.45) is 5.92 Å². The minimum Gasteiger partial charge on any atom is -0.396 e. The standard InChI is InChI=1S/C32H57NO4/c34-25-21-17-13-9-5-1-3-7-11-15-19-23-30(36)27-29-28-31(29)33-32(37)24-20-16-12-8-4-2-6-10-14-18-22-26-35/h19-20,23-24,29,31,34-35H,1-18,21-22,25-28H2,(H,33,37)/b23-19+,24-20+/t29-,31?/m1/s1. The van der Waals surface area contributed by atoms with E-state index in [1.54, 1.807) is 12.2 Å². The van der Waals surface area contributed by atoms with E-state index >= 15 is 0 Å². The fourth-order valence-corrected chi connectivity index (χ4v) is 4.84. The maximum atomic E-state index is 12.2. The molecule has 0 aromatic carbocycles. The van der Waals surface area contributed by atoms with E-state index in [0.717, 1.165) is 57.8 Å². The minimum atomic E-state index is -0.0245. The number of hydrogen-bond acceptors (Lipinski definition) is 4. The first-order valence-corrected chi connectivity index (χ1v) is 15.6. The molecule has 1 aliphatic rings. The van der Waals surface area contributed by atoms with Gasteiger partial charge in [-0.1, -0.05) is 102 Å². The van der Waals surface area contributed by atoms with Crippen molar-refractivity contribution in [3.05, 3.63) is 24.3 Å². The highest BCUT2D eigenvalue weighted by Crippen LogP contribution is 2.34. The monoisotopic (exact) mass is 519 g/mol. The van der Waals surface area contributed by atoms with E-state index in [1.165, 1.54) is 77.0 Å². The van der Waals surface area contributed by atoms with Gasteiger partial charge in [0.2, 0.25) is 5.91 Å². The van der Waals surface area contributed by atoms with E-state index in [2.05, 4.69) is 5.32 Å². The van der Waals surface area contributed by atoms with Crippen LogP contribution in [0, 0.1) is 5.92 Å². The fraction of sp³-hybridized carbons (Fsp3) is 0.812. The summed E-state index contributed by atoms with van der Waals surface area (Å²) in [6.45, 7) is 0.640. The molecule has 2 atom stereocenters. The zero-order valence-electron chi connectivity index (χ0n) is 23.6. The van der Waals surface area contributed by atoms with Gasteiger partial charge in [-0.3, -0.25) is 9.59 Å². The van der Waals surface area contributed by atoms with Crippen LogP contribution in [0.1, 0.15) is 141 Å². The van der Waals surface area contributed by atoms with Gasteiger partial charge >= 0.3 is 0 Å². The van der Waals surface area contributed by atoms with Gasteiger partial charge in [0.05, 0.1) is 0 Å². The van der Waals surface area contributed by atoms with Crippen molar-refractivity contribution in [1.29, 1.82) is 0 Å². The molecule has 0 aromatic heterocycles. The van der Waals surface area contributed by atoms with E-state index < -0.39 is 0 Å². The summed E-state index contributed by atoms with van der Waals surface area (Å²) >= 11 is 0. The lowest BCUT2D eigenvalue weighted by Gasteiger charge is -2.02. The second-order valence-corrected chi connectivity index (χ2v) is 11.0. The smallest absolute Gasteiger partial charge is 0.243 e. The third-order valence-electron chi connectivity index (χ3n) is 7.34. The van der Waals surface area contributed by atoms with Crippen molar-refractivity contribution in [2.75, 3.05) is 13.2 Å². The Bertz CT molecular complexity index is 564. The van der Waals surface area contributed by atoms with Crippen LogP contribution in [0.3, 0.4) is 0 Å². The van der Waals surface area contributed by atoms with E-state index in [0.29, 0.717) is 25.6 Å². The number of aliphatic hydroxyl groups is 2. The minimum absolute atomic E-state index is 0.0245. The summed E-state index contributed by atoms with van der Waals surface area (Å²) in [5, 5.41) is 20.6. The molecule has 5 heteroatoms. The number of unbranched alkanes of at least 4 members (excludes halogenated alkanes) is 18. The van der Waals surface area contributed by atoms with Crippen LogP contribution in [0.25, 0.3) is 0 Å². The first kappa shape index (κ1) is 33.6. The molecule has 0 saturated heterocycles. The average Bonchev–Trinajstić information content (AvgIpc) is 3.61. The van der Waals surface area contributed by atoms with Crippen LogP contribution < -0.4 is 5.32 Å². The number of allylic oxidation sites excluding steroid dienone is 3. The Labute approximate surface area is 227 Å². The molecule has 3 N–H and O–H groups in total. The number of nitrogens with one attached hydrogen (secondary N) is 1. The summed E-state index contributed by atoms with van der Waals surface area (Å²) in [4.78, 5) is 24.2. The van der Waals surface area contributed by atoms with Crippen molar-refractivity contribution in [3.63, 3.8) is 0 Å². The Morgan fingerprint density at radius 1 is 0.595 bits per heavy atom. The van der Waals surface area contributed by atoms with Crippen LogP contribution >= 0.6 is 0 Å². The van der Waals surface area contributed by atoms with Gasteiger partial charge in [-0.05, 0) is 63.0 Å². The fourth-order valence-electron chi connectivity index (χ4n) is 4.84. The summed E-state index contributed by atoms with van der Waals surface area (Å²) < 4.78 is 0. The van der Waals surface area contributed by atoms with Crippen molar-refractivity contribution in [2.45, 2.75) is 147 Å². The van der Waals surface area contributed by atoms with E-state index in [9.17, 15) is 9.59 Å². The van der Waals surface area contributed by atoms with Crippen LogP contribution in [-0.4, -0.2) is 41.2 Å². The van der Waals surface area contributed by atoms with Gasteiger partial charge in [-0.25, -0.2) is 0 Å². The van der Waals surface area contributed by atoms with Gasteiger partial charge in [0.1, 0.15) is 0 Å². The molecule has 0 heterocycles. The Balaban J connectivity index is 1.91. The highest BCUT2D eigenvalue weighted by atomic mass is 16.3. The molecule has 0 radical (unpaired) electrons. The third kappa shape index (κ3) is 22.3. The number of amides is 1. The van der Waals surface area contributed by atoms with E-state index in [-0.39, 0.29) is 17.7 Å². The van der Waals surface area contributed by atoms with Crippen molar-refractivity contribution < 1.29 is 19.8 Å². The van der Waals surface area contributed by atoms with Crippen LogP contribution in [-0.2, 0) is 9.59 Å². The lowest BCUT2D eigenvalue weighted by Crippen LogP contribution is -2.25. The van der Waals surface area contributed by atoms with Crippen LogP contribution in [0.2, 0.25) is 0 Å². The quantitative estimate of drug-likeness (QED) is 0.0782. The van der Waals surface area contributed by atoms with Gasteiger partial charge in [0, 0.05) is 25.7 Å². The molecule has 1 fully saturated rings. The van der Waals surface area contributed by atoms with Crippen LogP contribution in [0.4, 0.5) is 0 Å². The van der Waals surface area contributed by atoms with Crippen molar-refractivity contribution in [1.82, 2.24) is 5.32 Å². The molecule has 1 saturated carbocycles. The second kappa shape index (κ2) is 24.9. The zero-order chi connectivity index (χ0) is 26.8.